The molecule has 0 fully saturated rings. The maximum absolute atomic E-state index is 15.3. The summed E-state index contributed by atoms with van der Waals surface area (Å²) in [5.74, 6) is -0.0700. The molecule has 0 spiro atoms. The summed E-state index contributed by atoms with van der Waals surface area (Å²) in [6, 6.07) is 20.0. The molecule has 5 rings (SSSR count). The van der Waals surface area contributed by atoms with Crippen LogP contribution >= 0.6 is 11.8 Å². The van der Waals surface area contributed by atoms with Crippen molar-refractivity contribution < 1.29 is 27.4 Å². The molecule has 0 bridgehead atoms. The average molecular weight is 606 g/mol. The van der Waals surface area contributed by atoms with Crippen LogP contribution < -0.4 is 19.1 Å². The molecule has 1 aromatic heterocycles. The van der Waals surface area contributed by atoms with Crippen molar-refractivity contribution in [2.24, 2.45) is 0 Å². The second-order valence-electron chi connectivity index (χ2n) is 9.72. The lowest BCUT2D eigenvalue weighted by atomic mass is 10.0. The van der Waals surface area contributed by atoms with Gasteiger partial charge in [-0.15, -0.1) is 0 Å². The van der Waals surface area contributed by atoms with Gasteiger partial charge in [0.25, 0.3) is 0 Å². The van der Waals surface area contributed by atoms with Gasteiger partial charge in [-0.3, -0.25) is 4.57 Å². The van der Waals surface area contributed by atoms with E-state index in [1.165, 1.54) is 25.3 Å². The summed E-state index contributed by atoms with van der Waals surface area (Å²) in [5, 5.41) is 0.442. The van der Waals surface area contributed by atoms with Crippen LogP contribution in [-0.4, -0.2) is 37.9 Å². The molecule has 1 heterocycles. The van der Waals surface area contributed by atoms with Crippen molar-refractivity contribution in [2.45, 2.75) is 17.8 Å². The molecule has 0 saturated carbocycles. The molecule has 0 atom stereocenters. The number of hydrogen-bond donors (Lipinski definition) is 0. The van der Waals surface area contributed by atoms with Gasteiger partial charge < -0.3 is 19.1 Å². The zero-order valence-electron chi connectivity index (χ0n) is 24.3. The van der Waals surface area contributed by atoms with Crippen LogP contribution in [0.2, 0.25) is 0 Å². The summed E-state index contributed by atoms with van der Waals surface area (Å²) in [7, 11) is 6.34. The van der Waals surface area contributed by atoms with Gasteiger partial charge in [0.15, 0.2) is 28.2 Å². The van der Waals surface area contributed by atoms with E-state index in [4.69, 9.17) is 14.2 Å². The second kappa shape index (κ2) is 12.7. The molecular formula is C33H30F3N3O3S. The third kappa shape index (κ3) is 6.15. The van der Waals surface area contributed by atoms with Gasteiger partial charge in [0.1, 0.15) is 17.5 Å². The molecule has 43 heavy (non-hydrogen) atoms. The zero-order chi connectivity index (χ0) is 30.7. The lowest BCUT2D eigenvalue weighted by molar-refractivity contribution is 0.355. The quantitative estimate of drug-likeness (QED) is 0.149. The average Bonchev–Trinajstić information content (AvgIpc) is 3.44. The number of thioether (sulfide) groups is 1. The highest BCUT2D eigenvalue weighted by molar-refractivity contribution is 7.98. The van der Waals surface area contributed by atoms with Gasteiger partial charge in [-0.25, -0.2) is 18.2 Å². The summed E-state index contributed by atoms with van der Waals surface area (Å²) in [6.45, 7) is 1.95. The highest BCUT2D eigenvalue weighted by Crippen LogP contribution is 2.38. The molecular weight excluding hydrogens is 575 g/mol. The number of nitrogens with zero attached hydrogens (tertiary/aromatic N) is 3. The van der Waals surface area contributed by atoms with E-state index in [0.29, 0.717) is 33.7 Å². The Morgan fingerprint density at radius 3 is 2.07 bits per heavy atom. The van der Waals surface area contributed by atoms with Crippen molar-refractivity contribution in [3.05, 3.63) is 108 Å². The van der Waals surface area contributed by atoms with Crippen LogP contribution in [0.25, 0.3) is 16.8 Å². The van der Waals surface area contributed by atoms with Gasteiger partial charge in [-0.2, -0.15) is 0 Å². The lowest BCUT2D eigenvalue weighted by Gasteiger charge is -2.23. The number of aromatic nitrogens is 2. The first-order valence-electron chi connectivity index (χ1n) is 13.3. The SMILES string of the molecule is COc1cc(-n2c(N(C)c3ccc(OC)c(OC)c3)cnc2SCc2c(F)cc(-c3ccc(C)cc3)cc2F)ccc1F. The van der Waals surface area contributed by atoms with Gasteiger partial charge in [0.2, 0.25) is 0 Å². The molecule has 0 saturated heterocycles. The molecule has 10 heteroatoms. The maximum Gasteiger partial charge on any atom is 0.174 e. The van der Waals surface area contributed by atoms with E-state index >= 15 is 8.78 Å². The van der Waals surface area contributed by atoms with Gasteiger partial charge >= 0.3 is 0 Å². The highest BCUT2D eigenvalue weighted by atomic mass is 32.2. The fourth-order valence-corrected chi connectivity index (χ4v) is 5.66. The molecule has 6 nitrogen and oxygen atoms in total. The predicted molar refractivity (Wildman–Crippen MR) is 164 cm³/mol. The Morgan fingerprint density at radius 2 is 1.42 bits per heavy atom. The summed E-state index contributed by atoms with van der Waals surface area (Å²) in [4.78, 5) is 6.46. The Bertz CT molecular complexity index is 1740. The number of anilines is 2. The van der Waals surface area contributed by atoms with E-state index in [0.717, 1.165) is 28.6 Å². The Hall–Kier alpha value is -4.57. The first-order chi connectivity index (χ1) is 20.7. The van der Waals surface area contributed by atoms with Crippen molar-refractivity contribution in [1.29, 1.82) is 0 Å². The minimum atomic E-state index is -0.646. The maximum atomic E-state index is 15.3. The smallest absolute Gasteiger partial charge is 0.174 e. The lowest BCUT2D eigenvalue weighted by Crippen LogP contribution is -2.14. The van der Waals surface area contributed by atoms with Crippen molar-refractivity contribution in [3.63, 3.8) is 0 Å². The molecule has 0 unspecified atom stereocenters. The van der Waals surface area contributed by atoms with E-state index in [9.17, 15) is 4.39 Å². The van der Waals surface area contributed by atoms with Gasteiger partial charge in [-0.05, 0) is 54.4 Å². The molecule has 4 aromatic carbocycles. The number of aryl methyl sites for hydroxylation is 1. The number of hydrogen-bond acceptors (Lipinski definition) is 6. The van der Waals surface area contributed by atoms with Gasteiger partial charge in [-0.1, -0.05) is 41.6 Å². The number of halogens is 3. The molecule has 222 valence electrons. The topological polar surface area (TPSA) is 48.8 Å². The van der Waals surface area contributed by atoms with Crippen molar-refractivity contribution in [2.75, 3.05) is 33.3 Å². The van der Waals surface area contributed by atoms with Gasteiger partial charge in [0, 0.05) is 36.2 Å². The highest BCUT2D eigenvalue weighted by Gasteiger charge is 2.21. The second-order valence-corrected chi connectivity index (χ2v) is 10.7. The Morgan fingerprint density at radius 1 is 0.744 bits per heavy atom. The Kier molecular flexibility index (Phi) is 8.86. The van der Waals surface area contributed by atoms with Crippen LogP contribution in [0.3, 0.4) is 0 Å². The molecule has 0 N–H and O–H groups in total. The number of benzene rings is 4. The Balaban J connectivity index is 1.52. The summed E-state index contributed by atoms with van der Waals surface area (Å²) < 4.78 is 62.7. The number of rotatable bonds is 10. The largest absolute Gasteiger partial charge is 0.494 e. The fourth-order valence-electron chi connectivity index (χ4n) is 4.65. The zero-order valence-corrected chi connectivity index (χ0v) is 25.1. The van der Waals surface area contributed by atoms with Crippen LogP contribution in [-0.2, 0) is 5.75 Å². The minimum Gasteiger partial charge on any atom is -0.494 e. The van der Waals surface area contributed by atoms with Crippen molar-refractivity contribution >= 4 is 23.3 Å². The molecule has 0 aliphatic rings. The first kappa shape index (κ1) is 29.9. The van der Waals surface area contributed by atoms with E-state index in [1.807, 2.05) is 55.3 Å². The minimum absolute atomic E-state index is 0.0271. The third-order valence-electron chi connectivity index (χ3n) is 7.07. The van der Waals surface area contributed by atoms with E-state index in [1.54, 1.807) is 43.2 Å². The number of imidazole rings is 1. The third-order valence-corrected chi connectivity index (χ3v) is 8.05. The van der Waals surface area contributed by atoms with E-state index in [2.05, 4.69) is 4.98 Å². The first-order valence-corrected chi connectivity index (χ1v) is 14.3. The number of ether oxygens (including phenoxy) is 3. The molecule has 0 amide bonds. The normalized spacial score (nSPS) is 11.0. The summed E-state index contributed by atoms with van der Waals surface area (Å²) in [6.07, 6.45) is 1.64. The molecule has 0 radical (unpaired) electrons. The van der Waals surface area contributed by atoms with Gasteiger partial charge in [0.05, 0.1) is 33.2 Å². The predicted octanol–water partition coefficient (Wildman–Crippen LogP) is 8.35. The Labute approximate surface area is 252 Å². The molecule has 0 aliphatic carbocycles. The summed E-state index contributed by atoms with van der Waals surface area (Å²) in [5.41, 5.74) is 3.49. The standard InChI is InChI=1S/C33H30F3N3O3S/c1-20-6-8-21(9-7-20)22-14-27(35)25(28(36)15-22)19-43-33-37-18-32(39(33)24-10-12-26(34)30(17-24)41-4)38(2)23-11-13-29(40-3)31(16-23)42-5/h6-18H,19H2,1-5H3. The van der Waals surface area contributed by atoms with E-state index in [-0.39, 0.29) is 17.1 Å². The van der Waals surface area contributed by atoms with Crippen LogP contribution in [0, 0.1) is 24.4 Å². The van der Waals surface area contributed by atoms with Crippen LogP contribution in [0.15, 0.2) is 84.1 Å². The fraction of sp³-hybridized carbons (Fsp3) is 0.182. The van der Waals surface area contributed by atoms with Crippen LogP contribution in [0.1, 0.15) is 11.1 Å². The van der Waals surface area contributed by atoms with Crippen LogP contribution in [0.5, 0.6) is 17.2 Å². The summed E-state index contributed by atoms with van der Waals surface area (Å²) >= 11 is 1.16. The van der Waals surface area contributed by atoms with Crippen LogP contribution in [0.4, 0.5) is 24.7 Å². The molecule has 5 aromatic rings. The van der Waals surface area contributed by atoms with E-state index < -0.39 is 17.5 Å². The number of methoxy groups -OCH3 is 3. The monoisotopic (exact) mass is 605 g/mol. The van der Waals surface area contributed by atoms with Crippen molar-refractivity contribution in [1.82, 2.24) is 9.55 Å². The molecule has 0 aliphatic heterocycles. The van der Waals surface area contributed by atoms with Crippen molar-refractivity contribution in [3.8, 4) is 34.1 Å².